The predicted molar refractivity (Wildman–Crippen MR) is 68.9 cm³/mol. The summed E-state index contributed by atoms with van der Waals surface area (Å²) in [5.74, 6) is 4.38. The first-order valence-corrected chi connectivity index (χ1v) is 7.87. The van der Waals surface area contributed by atoms with Crippen LogP contribution in [0.4, 0.5) is 0 Å². The van der Waals surface area contributed by atoms with Gasteiger partial charge in [0.15, 0.2) is 0 Å². The van der Waals surface area contributed by atoms with Crippen LogP contribution < -0.4 is 5.32 Å². The van der Waals surface area contributed by atoms with Crippen LogP contribution in [-0.4, -0.2) is 36.8 Å². The maximum absolute atomic E-state index is 6.10. The number of hydrogen-bond donors (Lipinski definition) is 1. The van der Waals surface area contributed by atoms with E-state index >= 15 is 0 Å². The molecule has 0 aromatic heterocycles. The van der Waals surface area contributed by atoms with Gasteiger partial charge in [0, 0.05) is 18.4 Å². The van der Waals surface area contributed by atoms with E-state index < -0.39 is 0 Å². The third-order valence-electron chi connectivity index (χ3n) is 4.57. The first kappa shape index (κ1) is 11.4. The van der Waals surface area contributed by atoms with Crippen molar-refractivity contribution in [1.82, 2.24) is 5.32 Å². The van der Waals surface area contributed by atoms with Crippen molar-refractivity contribution in [3.8, 4) is 0 Å². The zero-order valence-electron chi connectivity index (χ0n) is 10.2. The number of ether oxygens (including phenoxy) is 1. The summed E-state index contributed by atoms with van der Waals surface area (Å²) in [6.45, 7) is 0.996. The third-order valence-corrected chi connectivity index (χ3v) is 5.79. The lowest BCUT2D eigenvalue weighted by Crippen LogP contribution is -2.47. The van der Waals surface area contributed by atoms with Crippen molar-refractivity contribution in [3.05, 3.63) is 0 Å². The average Bonchev–Trinajstić information content (AvgIpc) is 3.03. The van der Waals surface area contributed by atoms with Crippen LogP contribution in [0.2, 0.25) is 0 Å². The molecule has 3 heteroatoms. The van der Waals surface area contributed by atoms with Crippen LogP contribution >= 0.6 is 11.8 Å². The molecule has 3 atom stereocenters. The topological polar surface area (TPSA) is 21.3 Å². The van der Waals surface area contributed by atoms with E-state index in [0.29, 0.717) is 0 Å². The molecule has 0 amide bonds. The maximum Gasteiger partial charge on any atom is 0.0783 e. The molecule has 1 aliphatic carbocycles. The van der Waals surface area contributed by atoms with E-state index in [1.807, 2.05) is 0 Å². The van der Waals surface area contributed by atoms with Crippen molar-refractivity contribution in [3.63, 3.8) is 0 Å². The van der Waals surface area contributed by atoms with Crippen LogP contribution in [0.5, 0.6) is 0 Å². The van der Waals surface area contributed by atoms with Crippen LogP contribution in [0.15, 0.2) is 0 Å². The van der Waals surface area contributed by atoms with Crippen LogP contribution in [0.1, 0.15) is 32.1 Å². The molecule has 2 nitrogen and oxygen atoms in total. The zero-order valence-corrected chi connectivity index (χ0v) is 11.0. The Bertz CT molecular complexity index is 248. The minimum atomic E-state index is 0.261. The van der Waals surface area contributed by atoms with Crippen molar-refractivity contribution < 1.29 is 4.74 Å². The van der Waals surface area contributed by atoms with E-state index in [1.54, 1.807) is 0 Å². The Labute approximate surface area is 103 Å². The van der Waals surface area contributed by atoms with Crippen LogP contribution in [-0.2, 0) is 4.74 Å². The lowest BCUT2D eigenvalue weighted by atomic mass is 9.80. The molecule has 3 aliphatic rings. The molecule has 2 aliphatic heterocycles. The summed E-state index contributed by atoms with van der Waals surface area (Å²) in [6.07, 6.45) is 6.76. The average molecular weight is 241 g/mol. The summed E-state index contributed by atoms with van der Waals surface area (Å²) in [6, 6.07) is 0.770. The fourth-order valence-corrected chi connectivity index (χ4v) is 4.93. The monoisotopic (exact) mass is 241 g/mol. The summed E-state index contributed by atoms with van der Waals surface area (Å²) in [5.41, 5.74) is 0.261. The molecule has 0 bridgehead atoms. The summed E-state index contributed by atoms with van der Waals surface area (Å²) in [4.78, 5) is 0. The summed E-state index contributed by atoms with van der Waals surface area (Å²) >= 11 is 2.08. The van der Waals surface area contributed by atoms with Crippen LogP contribution in [0.3, 0.4) is 0 Å². The number of nitrogens with one attached hydrogen (secondary N) is 1. The summed E-state index contributed by atoms with van der Waals surface area (Å²) in [5, 5.41) is 3.58. The molecule has 16 heavy (non-hydrogen) atoms. The van der Waals surface area contributed by atoms with E-state index in [4.69, 9.17) is 4.74 Å². The first-order valence-electron chi connectivity index (χ1n) is 6.72. The highest BCUT2D eigenvalue weighted by Crippen LogP contribution is 2.45. The normalized spacial score (nSPS) is 41.4. The molecule has 2 saturated heterocycles. The Morgan fingerprint density at radius 3 is 2.81 bits per heavy atom. The largest absolute Gasteiger partial charge is 0.374 e. The molecule has 0 radical (unpaired) electrons. The highest BCUT2D eigenvalue weighted by molar-refractivity contribution is 7.99. The van der Waals surface area contributed by atoms with Gasteiger partial charge in [0.25, 0.3) is 0 Å². The molecule has 3 unspecified atom stereocenters. The van der Waals surface area contributed by atoms with Gasteiger partial charge in [-0.3, -0.25) is 0 Å². The molecule has 3 rings (SSSR count). The SMILES string of the molecule is CNC(C1CC1)C1CCOC2(CCSC2)C1. The third kappa shape index (κ3) is 2.14. The maximum atomic E-state index is 6.10. The summed E-state index contributed by atoms with van der Waals surface area (Å²) < 4.78 is 6.10. The van der Waals surface area contributed by atoms with Gasteiger partial charge < -0.3 is 10.1 Å². The van der Waals surface area contributed by atoms with Gasteiger partial charge in [-0.1, -0.05) is 0 Å². The smallest absolute Gasteiger partial charge is 0.0783 e. The molecule has 3 fully saturated rings. The second kappa shape index (κ2) is 4.51. The van der Waals surface area contributed by atoms with Crippen molar-refractivity contribution in [2.45, 2.75) is 43.7 Å². The van der Waals surface area contributed by atoms with E-state index in [9.17, 15) is 0 Å². The van der Waals surface area contributed by atoms with Crippen LogP contribution in [0.25, 0.3) is 0 Å². The van der Waals surface area contributed by atoms with Crippen molar-refractivity contribution in [1.29, 1.82) is 0 Å². The summed E-state index contributed by atoms with van der Waals surface area (Å²) in [7, 11) is 2.15. The van der Waals surface area contributed by atoms with E-state index in [1.165, 1.54) is 43.6 Å². The van der Waals surface area contributed by atoms with Gasteiger partial charge in [-0.2, -0.15) is 11.8 Å². The molecule has 92 valence electrons. The molecule has 1 saturated carbocycles. The van der Waals surface area contributed by atoms with Gasteiger partial charge in [0.05, 0.1) is 5.60 Å². The van der Waals surface area contributed by atoms with E-state index in [2.05, 4.69) is 24.1 Å². The second-order valence-electron chi connectivity index (χ2n) is 5.74. The first-order chi connectivity index (χ1) is 7.83. The van der Waals surface area contributed by atoms with Gasteiger partial charge in [-0.25, -0.2) is 0 Å². The van der Waals surface area contributed by atoms with E-state index in [-0.39, 0.29) is 5.60 Å². The molecule has 1 spiro atoms. The van der Waals surface area contributed by atoms with Gasteiger partial charge >= 0.3 is 0 Å². The minimum absolute atomic E-state index is 0.261. The van der Waals surface area contributed by atoms with Gasteiger partial charge in [-0.05, 0) is 56.7 Å². The molecule has 2 heterocycles. The molecule has 0 aromatic rings. The lowest BCUT2D eigenvalue weighted by molar-refractivity contribution is -0.0859. The molecule has 1 N–H and O–H groups in total. The van der Waals surface area contributed by atoms with Gasteiger partial charge in [0.1, 0.15) is 0 Å². The lowest BCUT2D eigenvalue weighted by Gasteiger charge is -2.41. The minimum Gasteiger partial charge on any atom is -0.374 e. The number of thioether (sulfide) groups is 1. The Hall–Kier alpha value is 0.270. The molecular formula is C13H23NOS. The Morgan fingerprint density at radius 2 is 2.19 bits per heavy atom. The highest BCUT2D eigenvalue weighted by Gasteiger charge is 2.45. The second-order valence-corrected chi connectivity index (χ2v) is 6.84. The highest BCUT2D eigenvalue weighted by atomic mass is 32.2. The quantitative estimate of drug-likeness (QED) is 0.819. The molecule has 0 aromatic carbocycles. The Morgan fingerprint density at radius 1 is 1.31 bits per heavy atom. The molecular weight excluding hydrogens is 218 g/mol. The van der Waals surface area contributed by atoms with Gasteiger partial charge in [-0.15, -0.1) is 0 Å². The standard InChI is InChI=1S/C13H23NOS/c1-14-12(10-2-3-10)11-4-6-15-13(8-11)5-7-16-9-13/h10-12,14H,2-9H2,1H3. The number of hydrogen-bond acceptors (Lipinski definition) is 3. The fourth-order valence-electron chi connectivity index (χ4n) is 3.55. The number of rotatable bonds is 3. The Kier molecular flexibility index (Phi) is 3.20. The zero-order chi connectivity index (χ0) is 11.0. The Balaban J connectivity index is 1.66. The van der Waals surface area contributed by atoms with Crippen molar-refractivity contribution >= 4 is 11.8 Å². The van der Waals surface area contributed by atoms with Crippen molar-refractivity contribution in [2.75, 3.05) is 25.2 Å². The van der Waals surface area contributed by atoms with Crippen molar-refractivity contribution in [2.24, 2.45) is 11.8 Å². The fraction of sp³-hybridized carbons (Fsp3) is 1.00. The van der Waals surface area contributed by atoms with Crippen LogP contribution in [0, 0.1) is 11.8 Å². The predicted octanol–water partition coefficient (Wildman–Crippen LogP) is 2.29. The van der Waals surface area contributed by atoms with E-state index in [0.717, 1.165) is 24.5 Å². The van der Waals surface area contributed by atoms with Gasteiger partial charge in [0.2, 0.25) is 0 Å².